The minimum absolute atomic E-state index is 0.0500. The SMILES string of the molecule is O=C(NCC1CCCO1)c1coc(NC(=O)c2ccco2)n1. The molecule has 2 N–H and O–H groups in total. The molecule has 2 aromatic heterocycles. The van der Waals surface area contributed by atoms with Crippen molar-refractivity contribution in [1.82, 2.24) is 10.3 Å². The quantitative estimate of drug-likeness (QED) is 0.865. The molecule has 3 heterocycles. The van der Waals surface area contributed by atoms with Crippen LogP contribution in [-0.4, -0.2) is 36.1 Å². The van der Waals surface area contributed by atoms with E-state index in [-0.39, 0.29) is 29.5 Å². The zero-order chi connectivity index (χ0) is 15.4. The number of carbonyl (C=O) groups is 2. The number of nitrogens with one attached hydrogen (secondary N) is 2. The lowest BCUT2D eigenvalue weighted by Crippen LogP contribution is -2.31. The summed E-state index contributed by atoms with van der Waals surface area (Å²) in [4.78, 5) is 27.6. The summed E-state index contributed by atoms with van der Waals surface area (Å²) in [5.74, 6) is -0.751. The van der Waals surface area contributed by atoms with Gasteiger partial charge in [0.05, 0.1) is 12.4 Å². The van der Waals surface area contributed by atoms with Crippen molar-refractivity contribution in [2.75, 3.05) is 18.5 Å². The number of aromatic nitrogens is 1. The van der Waals surface area contributed by atoms with Crippen LogP contribution in [0.15, 0.2) is 33.5 Å². The molecule has 1 saturated heterocycles. The largest absolute Gasteiger partial charge is 0.459 e. The Morgan fingerprint density at radius 3 is 2.95 bits per heavy atom. The van der Waals surface area contributed by atoms with Crippen LogP contribution in [0.25, 0.3) is 0 Å². The summed E-state index contributed by atoms with van der Waals surface area (Å²) in [7, 11) is 0. The molecule has 8 nitrogen and oxygen atoms in total. The van der Waals surface area contributed by atoms with Gasteiger partial charge < -0.3 is 18.9 Å². The van der Waals surface area contributed by atoms with Crippen LogP contribution in [-0.2, 0) is 4.74 Å². The Labute approximate surface area is 125 Å². The minimum atomic E-state index is -0.502. The van der Waals surface area contributed by atoms with Gasteiger partial charge in [-0.1, -0.05) is 0 Å². The molecule has 1 unspecified atom stereocenters. The van der Waals surface area contributed by atoms with Crippen LogP contribution >= 0.6 is 0 Å². The normalized spacial score (nSPS) is 17.4. The third kappa shape index (κ3) is 3.34. The Kier molecular flexibility index (Phi) is 4.19. The third-order valence-electron chi connectivity index (χ3n) is 3.22. The van der Waals surface area contributed by atoms with E-state index in [4.69, 9.17) is 13.6 Å². The van der Waals surface area contributed by atoms with Crippen LogP contribution in [0.1, 0.15) is 33.9 Å². The highest BCUT2D eigenvalue weighted by molar-refractivity contribution is 6.01. The molecule has 0 bridgehead atoms. The van der Waals surface area contributed by atoms with Crippen molar-refractivity contribution >= 4 is 17.8 Å². The van der Waals surface area contributed by atoms with E-state index < -0.39 is 5.91 Å². The number of amides is 2. The first-order valence-corrected chi connectivity index (χ1v) is 6.92. The number of carbonyl (C=O) groups excluding carboxylic acids is 2. The van der Waals surface area contributed by atoms with Gasteiger partial charge in [-0.05, 0) is 25.0 Å². The smallest absolute Gasteiger partial charge is 0.302 e. The number of hydrogen-bond acceptors (Lipinski definition) is 6. The maximum Gasteiger partial charge on any atom is 0.302 e. The van der Waals surface area contributed by atoms with E-state index in [0.717, 1.165) is 19.4 Å². The summed E-state index contributed by atoms with van der Waals surface area (Å²) in [6.07, 6.45) is 4.56. The van der Waals surface area contributed by atoms with E-state index in [0.29, 0.717) is 6.54 Å². The predicted octanol–water partition coefficient (Wildman–Crippen LogP) is 1.43. The molecule has 1 atom stereocenters. The third-order valence-corrected chi connectivity index (χ3v) is 3.22. The zero-order valence-corrected chi connectivity index (χ0v) is 11.7. The molecule has 0 aliphatic carbocycles. The number of ether oxygens (including phenoxy) is 1. The number of rotatable bonds is 5. The molecule has 0 radical (unpaired) electrons. The second-order valence-electron chi connectivity index (χ2n) is 4.81. The molecule has 0 aromatic carbocycles. The van der Waals surface area contributed by atoms with Crippen LogP contribution < -0.4 is 10.6 Å². The Morgan fingerprint density at radius 1 is 1.32 bits per heavy atom. The van der Waals surface area contributed by atoms with Gasteiger partial charge in [0.25, 0.3) is 11.8 Å². The molecule has 3 rings (SSSR count). The fraction of sp³-hybridized carbons (Fsp3) is 0.357. The van der Waals surface area contributed by atoms with Crippen molar-refractivity contribution < 1.29 is 23.2 Å². The van der Waals surface area contributed by atoms with Crippen molar-refractivity contribution in [3.63, 3.8) is 0 Å². The molecule has 8 heteroatoms. The van der Waals surface area contributed by atoms with Gasteiger partial charge in [-0.15, -0.1) is 0 Å². The highest BCUT2D eigenvalue weighted by atomic mass is 16.5. The number of hydrogen-bond donors (Lipinski definition) is 2. The van der Waals surface area contributed by atoms with E-state index in [2.05, 4.69) is 15.6 Å². The lowest BCUT2D eigenvalue weighted by molar-refractivity contribution is 0.0853. The number of nitrogens with zero attached hydrogens (tertiary/aromatic N) is 1. The Hall–Kier alpha value is -2.61. The van der Waals surface area contributed by atoms with E-state index in [9.17, 15) is 9.59 Å². The molecule has 0 spiro atoms. The van der Waals surface area contributed by atoms with Crippen molar-refractivity contribution in [2.24, 2.45) is 0 Å². The van der Waals surface area contributed by atoms with Crippen LogP contribution in [0, 0.1) is 0 Å². The first-order valence-electron chi connectivity index (χ1n) is 6.92. The maximum atomic E-state index is 11.9. The summed E-state index contributed by atoms with van der Waals surface area (Å²) < 4.78 is 15.4. The molecule has 116 valence electrons. The highest BCUT2D eigenvalue weighted by Gasteiger charge is 2.19. The predicted molar refractivity (Wildman–Crippen MR) is 74.5 cm³/mol. The second-order valence-corrected chi connectivity index (χ2v) is 4.81. The van der Waals surface area contributed by atoms with Gasteiger partial charge in [0.1, 0.15) is 6.26 Å². The maximum absolute atomic E-state index is 11.9. The number of anilines is 1. The fourth-order valence-electron chi connectivity index (χ4n) is 2.10. The van der Waals surface area contributed by atoms with E-state index in [1.807, 2.05) is 0 Å². The number of furan rings is 1. The molecule has 1 aliphatic heterocycles. The van der Waals surface area contributed by atoms with E-state index in [1.165, 1.54) is 18.6 Å². The molecule has 22 heavy (non-hydrogen) atoms. The van der Waals surface area contributed by atoms with Gasteiger partial charge in [-0.3, -0.25) is 14.9 Å². The molecule has 0 saturated carbocycles. The number of oxazole rings is 1. The van der Waals surface area contributed by atoms with E-state index in [1.54, 1.807) is 6.07 Å². The van der Waals surface area contributed by atoms with Crippen LogP contribution in [0.5, 0.6) is 0 Å². The van der Waals surface area contributed by atoms with E-state index >= 15 is 0 Å². The van der Waals surface area contributed by atoms with Gasteiger partial charge in [0.15, 0.2) is 11.5 Å². The monoisotopic (exact) mass is 305 g/mol. The Morgan fingerprint density at radius 2 is 2.23 bits per heavy atom. The van der Waals surface area contributed by atoms with Gasteiger partial charge >= 0.3 is 6.01 Å². The fourth-order valence-corrected chi connectivity index (χ4v) is 2.10. The summed E-state index contributed by atoms with van der Waals surface area (Å²) in [6, 6.07) is 3.03. The lowest BCUT2D eigenvalue weighted by Gasteiger charge is -2.09. The van der Waals surface area contributed by atoms with Gasteiger partial charge in [-0.2, -0.15) is 4.98 Å². The van der Waals surface area contributed by atoms with Gasteiger partial charge in [0.2, 0.25) is 0 Å². The van der Waals surface area contributed by atoms with Gasteiger partial charge in [-0.25, -0.2) is 0 Å². The molecule has 2 amide bonds. The van der Waals surface area contributed by atoms with Crippen LogP contribution in [0.2, 0.25) is 0 Å². The molecule has 2 aromatic rings. The van der Waals surface area contributed by atoms with Crippen LogP contribution in [0.3, 0.4) is 0 Å². The standard InChI is InChI=1S/C14H15N3O5/c18-12(15-7-9-3-1-5-20-9)10-8-22-14(16-10)17-13(19)11-4-2-6-21-11/h2,4,6,8-9H,1,3,5,7H2,(H,15,18)(H,16,17,19). The van der Waals surface area contributed by atoms with Crippen molar-refractivity contribution in [3.8, 4) is 0 Å². The summed E-state index contributed by atoms with van der Waals surface area (Å²) in [6.45, 7) is 1.16. The second kappa shape index (κ2) is 6.44. The molecular formula is C14H15N3O5. The average molecular weight is 305 g/mol. The van der Waals surface area contributed by atoms with Gasteiger partial charge in [0, 0.05) is 13.2 Å². The Balaban J connectivity index is 1.53. The zero-order valence-electron chi connectivity index (χ0n) is 11.7. The average Bonchev–Trinajstić information content (AvgIpc) is 3.25. The van der Waals surface area contributed by atoms with Crippen molar-refractivity contribution in [1.29, 1.82) is 0 Å². The highest BCUT2D eigenvalue weighted by Crippen LogP contribution is 2.12. The lowest BCUT2D eigenvalue weighted by atomic mass is 10.2. The van der Waals surface area contributed by atoms with Crippen molar-refractivity contribution in [2.45, 2.75) is 18.9 Å². The minimum Gasteiger partial charge on any atom is -0.459 e. The molecule has 1 fully saturated rings. The van der Waals surface area contributed by atoms with Crippen LogP contribution in [0.4, 0.5) is 6.01 Å². The first-order chi connectivity index (χ1) is 10.7. The van der Waals surface area contributed by atoms with Crippen molar-refractivity contribution in [3.05, 3.63) is 36.1 Å². The summed E-state index contributed by atoms with van der Waals surface area (Å²) in [5, 5.41) is 5.12. The summed E-state index contributed by atoms with van der Waals surface area (Å²) >= 11 is 0. The summed E-state index contributed by atoms with van der Waals surface area (Å²) in [5.41, 5.74) is 0.0905. The first kappa shape index (κ1) is 14.3. The molecular weight excluding hydrogens is 290 g/mol. The Bertz CT molecular complexity index is 643. The molecule has 1 aliphatic rings. The topological polar surface area (TPSA) is 107 Å².